The molecule has 0 N–H and O–H groups in total. The highest BCUT2D eigenvalue weighted by atomic mass is 14.4. The first-order chi connectivity index (χ1) is 6.50. The molecular weight excluding hydrogens is 168 g/mol. The summed E-state index contributed by atoms with van der Waals surface area (Å²) >= 11 is 0. The lowest BCUT2D eigenvalue weighted by molar-refractivity contribution is 0.168. The second-order valence-electron chi connectivity index (χ2n) is 5.22. The average molecular weight is 192 g/mol. The Hall–Kier alpha value is -0.520. The molecule has 0 aromatic carbocycles. The highest BCUT2D eigenvalue weighted by Gasteiger charge is 2.36. The molecule has 0 aromatic heterocycles. The van der Waals surface area contributed by atoms with Crippen molar-refractivity contribution in [2.75, 3.05) is 0 Å². The first-order valence-corrected chi connectivity index (χ1v) is 5.83. The van der Waals surface area contributed by atoms with Gasteiger partial charge in [-0.1, -0.05) is 51.5 Å². The van der Waals surface area contributed by atoms with E-state index in [0.717, 1.165) is 12.3 Å². The average Bonchev–Trinajstić information content (AvgIpc) is 2.12. The summed E-state index contributed by atoms with van der Waals surface area (Å²) in [4.78, 5) is 0. The Bertz CT molecular complexity index is 243. The molecule has 1 aliphatic carbocycles. The van der Waals surface area contributed by atoms with E-state index in [1.807, 2.05) is 0 Å². The summed E-state index contributed by atoms with van der Waals surface area (Å²) in [6.07, 6.45) is 9.52. The molecule has 2 unspecified atom stereocenters. The number of allylic oxidation sites excluding steroid dienone is 4. The monoisotopic (exact) mass is 192 g/mol. The van der Waals surface area contributed by atoms with Gasteiger partial charge in [-0.05, 0) is 31.1 Å². The van der Waals surface area contributed by atoms with E-state index in [2.05, 4.69) is 52.8 Å². The Morgan fingerprint density at radius 1 is 1.50 bits per heavy atom. The Kier molecular flexibility index (Phi) is 3.58. The van der Waals surface area contributed by atoms with Gasteiger partial charge in [0.15, 0.2) is 0 Å². The maximum atomic E-state index is 2.42. The van der Waals surface area contributed by atoms with Crippen molar-refractivity contribution in [3.8, 4) is 0 Å². The Balaban J connectivity index is 2.92. The SMILES string of the molecule is CC/C=C/C1C(C)=CCC(C)C1(C)C. The van der Waals surface area contributed by atoms with Crippen LogP contribution in [0.4, 0.5) is 0 Å². The lowest BCUT2D eigenvalue weighted by atomic mass is 9.63. The molecule has 0 nitrogen and oxygen atoms in total. The van der Waals surface area contributed by atoms with Crippen molar-refractivity contribution in [1.82, 2.24) is 0 Å². The quantitative estimate of drug-likeness (QED) is 0.562. The lowest BCUT2D eigenvalue weighted by Crippen LogP contribution is -2.33. The van der Waals surface area contributed by atoms with Gasteiger partial charge in [0, 0.05) is 5.92 Å². The van der Waals surface area contributed by atoms with E-state index in [9.17, 15) is 0 Å². The molecule has 0 saturated carbocycles. The molecule has 0 amide bonds. The van der Waals surface area contributed by atoms with Crippen molar-refractivity contribution in [2.45, 2.75) is 47.5 Å². The number of rotatable bonds is 2. The molecule has 2 atom stereocenters. The molecule has 0 heteroatoms. The molecule has 1 aliphatic rings. The van der Waals surface area contributed by atoms with Crippen LogP contribution in [0, 0.1) is 17.3 Å². The van der Waals surface area contributed by atoms with E-state index in [-0.39, 0.29) is 0 Å². The van der Waals surface area contributed by atoms with Gasteiger partial charge in [0.2, 0.25) is 0 Å². The summed E-state index contributed by atoms with van der Waals surface area (Å²) in [5.74, 6) is 1.43. The fourth-order valence-electron chi connectivity index (χ4n) is 2.36. The zero-order chi connectivity index (χ0) is 10.8. The third kappa shape index (κ3) is 2.10. The second-order valence-corrected chi connectivity index (χ2v) is 5.22. The predicted octanol–water partition coefficient (Wildman–Crippen LogP) is 4.58. The lowest BCUT2D eigenvalue weighted by Gasteiger charge is -2.42. The summed E-state index contributed by atoms with van der Waals surface area (Å²) in [6.45, 7) is 11.7. The molecule has 0 saturated heterocycles. The molecular formula is C14H24. The van der Waals surface area contributed by atoms with Crippen LogP contribution in [0.2, 0.25) is 0 Å². The highest BCUT2D eigenvalue weighted by molar-refractivity contribution is 5.19. The molecule has 14 heavy (non-hydrogen) atoms. The molecule has 80 valence electrons. The molecule has 0 radical (unpaired) electrons. The molecule has 0 heterocycles. The Labute approximate surface area is 89.1 Å². The Morgan fingerprint density at radius 3 is 2.71 bits per heavy atom. The van der Waals surface area contributed by atoms with Crippen LogP contribution in [0.5, 0.6) is 0 Å². The maximum Gasteiger partial charge on any atom is 0.00278 e. The van der Waals surface area contributed by atoms with Crippen molar-refractivity contribution in [1.29, 1.82) is 0 Å². The van der Waals surface area contributed by atoms with Gasteiger partial charge in [-0.15, -0.1) is 0 Å². The topological polar surface area (TPSA) is 0 Å². The summed E-state index contributed by atoms with van der Waals surface area (Å²) in [6, 6.07) is 0. The zero-order valence-corrected chi connectivity index (χ0v) is 10.3. The largest absolute Gasteiger partial charge is 0.0882 e. The number of hydrogen-bond donors (Lipinski definition) is 0. The second kappa shape index (κ2) is 4.33. The van der Waals surface area contributed by atoms with Crippen molar-refractivity contribution in [2.24, 2.45) is 17.3 Å². The van der Waals surface area contributed by atoms with E-state index in [4.69, 9.17) is 0 Å². The van der Waals surface area contributed by atoms with Crippen LogP contribution in [-0.4, -0.2) is 0 Å². The first-order valence-electron chi connectivity index (χ1n) is 5.83. The van der Waals surface area contributed by atoms with Crippen LogP contribution in [0.3, 0.4) is 0 Å². The van der Waals surface area contributed by atoms with Gasteiger partial charge in [0.25, 0.3) is 0 Å². The van der Waals surface area contributed by atoms with Gasteiger partial charge in [-0.3, -0.25) is 0 Å². The van der Waals surface area contributed by atoms with Crippen molar-refractivity contribution in [3.05, 3.63) is 23.8 Å². The van der Waals surface area contributed by atoms with Crippen molar-refractivity contribution < 1.29 is 0 Å². The predicted molar refractivity (Wildman–Crippen MR) is 64.2 cm³/mol. The van der Waals surface area contributed by atoms with Gasteiger partial charge in [0.05, 0.1) is 0 Å². The summed E-state index contributed by atoms with van der Waals surface area (Å²) in [5.41, 5.74) is 1.97. The van der Waals surface area contributed by atoms with Gasteiger partial charge in [-0.2, -0.15) is 0 Å². The zero-order valence-electron chi connectivity index (χ0n) is 10.3. The summed E-state index contributed by atoms with van der Waals surface area (Å²) in [5, 5.41) is 0. The molecule has 0 fully saturated rings. The first kappa shape index (κ1) is 11.6. The molecule has 0 aromatic rings. The van der Waals surface area contributed by atoms with Gasteiger partial charge < -0.3 is 0 Å². The van der Waals surface area contributed by atoms with Crippen molar-refractivity contribution in [3.63, 3.8) is 0 Å². The van der Waals surface area contributed by atoms with E-state index in [1.54, 1.807) is 5.57 Å². The fourth-order valence-corrected chi connectivity index (χ4v) is 2.36. The number of hydrogen-bond acceptors (Lipinski definition) is 0. The van der Waals surface area contributed by atoms with Crippen LogP contribution < -0.4 is 0 Å². The minimum atomic E-state index is 0.421. The fraction of sp³-hybridized carbons (Fsp3) is 0.714. The summed E-state index contributed by atoms with van der Waals surface area (Å²) in [7, 11) is 0. The molecule has 1 rings (SSSR count). The van der Waals surface area contributed by atoms with E-state index < -0.39 is 0 Å². The van der Waals surface area contributed by atoms with Gasteiger partial charge >= 0.3 is 0 Å². The third-order valence-corrected chi connectivity index (χ3v) is 3.92. The van der Waals surface area contributed by atoms with Crippen LogP contribution in [0.25, 0.3) is 0 Å². The summed E-state index contributed by atoms with van der Waals surface area (Å²) < 4.78 is 0. The Morgan fingerprint density at radius 2 is 2.14 bits per heavy atom. The van der Waals surface area contributed by atoms with E-state index in [1.165, 1.54) is 6.42 Å². The van der Waals surface area contributed by atoms with Crippen LogP contribution in [-0.2, 0) is 0 Å². The van der Waals surface area contributed by atoms with Crippen LogP contribution >= 0.6 is 0 Å². The van der Waals surface area contributed by atoms with Gasteiger partial charge in [-0.25, -0.2) is 0 Å². The van der Waals surface area contributed by atoms with Crippen LogP contribution in [0.15, 0.2) is 23.8 Å². The minimum absolute atomic E-state index is 0.421. The molecule has 0 spiro atoms. The highest BCUT2D eigenvalue weighted by Crippen LogP contribution is 2.45. The van der Waals surface area contributed by atoms with Crippen molar-refractivity contribution >= 4 is 0 Å². The molecule has 0 aliphatic heterocycles. The molecule has 0 bridgehead atoms. The third-order valence-electron chi connectivity index (χ3n) is 3.92. The van der Waals surface area contributed by atoms with Gasteiger partial charge in [0.1, 0.15) is 0 Å². The normalized spacial score (nSPS) is 31.9. The van der Waals surface area contributed by atoms with E-state index in [0.29, 0.717) is 11.3 Å². The van der Waals surface area contributed by atoms with E-state index >= 15 is 0 Å². The maximum absolute atomic E-state index is 2.42. The standard InChI is InChI=1S/C14H24/c1-6-7-8-13-11(2)9-10-12(3)14(13,4)5/h7-9,12-13H,6,10H2,1-5H3/b8-7+. The van der Waals surface area contributed by atoms with Crippen LogP contribution in [0.1, 0.15) is 47.5 Å². The minimum Gasteiger partial charge on any atom is -0.0882 e. The smallest absolute Gasteiger partial charge is 0.00278 e.